The number of phenols is 1. The Morgan fingerprint density at radius 3 is 2.65 bits per heavy atom. The minimum atomic E-state index is -1.01. The molecule has 2 saturated heterocycles. The molecule has 3 aromatic rings. The number of nitrogens with zero attached hydrogens (tertiary/aromatic N) is 5. The third kappa shape index (κ3) is 3.83. The summed E-state index contributed by atoms with van der Waals surface area (Å²) >= 11 is 0. The van der Waals surface area contributed by atoms with Crippen molar-refractivity contribution in [2.75, 3.05) is 19.1 Å². The lowest BCUT2D eigenvalue weighted by molar-refractivity contribution is 0.0859. The standard InChI is InChI=1S/C25H29FN6O2/c1-24-7-8-25(2,31-24)23(26)19(11-24)32(3)21-14-27-18(13-28-21)17-6-5-15(9-20(17)33)16-10-22(34-4)30-29-12-16/h5-6,9-10,12-14,19,23,31,33H,7-8,11H2,1-4H3/t19-,23-,24-,25+/m1/s1. The lowest BCUT2D eigenvalue weighted by Gasteiger charge is -2.47. The molecule has 9 heteroatoms. The average molecular weight is 465 g/mol. The fourth-order valence-electron chi connectivity index (χ4n) is 5.38. The smallest absolute Gasteiger partial charge is 0.233 e. The third-order valence-electron chi connectivity index (χ3n) is 7.33. The molecule has 178 valence electrons. The van der Waals surface area contributed by atoms with Gasteiger partial charge in [0.05, 0.1) is 37.4 Å². The molecule has 2 aromatic heterocycles. The Hall–Kier alpha value is -3.33. The van der Waals surface area contributed by atoms with Crippen molar-refractivity contribution >= 4 is 5.82 Å². The van der Waals surface area contributed by atoms with E-state index in [1.165, 1.54) is 7.11 Å². The molecule has 2 aliphatic heterocycles. The summed E-state index contributed by atoms with van der Waals surface area (Å²) in [5.74, 6) is 1.08. The maximum atomic E-state index is 15.5. The Morgan fingerprint density at radius 2 is 1.94 bits per heavy atom. The number of hydrogen-bond acceptors (Lipinski definition) is 8. The molecule has 2 aliphatic rings. The van der Waals surface area contributed by atoms with Crippen LogP contribution in [0.25, 0.3) is 22.4 Å². The second kappa shape index (κ2) is 8.16. The van der Waals surface area contributed by atoms with E-state index in [2.05, 4.69) is 32.4 Å². The number of nitrogens with one attached hydrogen (secondary N) is 1. The van der Waals surface area contributed by atoms with Crippen LogP contribution in [0.1, 0.15) is 33.1 Å². The predicted octanol–water partition coefficient (Wildman–Crippen LogP) is 3.76. The van der Waals surface area contributed by atoms with Gasteiger partial charge in [0.15, 0.2) is 0 Å². The first-order chi connectivity index (χ1) is 16.2. The van der Waals surface area contributed by atoms with Crippen LogP contribution in [0.15, 0.2) is 42.9 Å². The zero-order valence-electron chi connectivity index (χ0n) is 19.8. The van der Waals surface area contributed by atoms with Gasteiger partial charge >= 0.3 is 0 Å². The van der Waals surface area contributed by atoms with Crippen LogP contribution < -0.4 is 15.0 Å². The van der Waals surface area contributed by atoms with E-state index in [0.29, 0.717) is 29.4 Å². The number of rotatable bonds is 5. The van der Waals surface area contributed by atoms with Gasteiger partial charge in [0, 0.05) is 35.3 Å². The fraction of sp³-hybridized carbons (Fsp3) is 0.440. The largest absolute Gasteiger partial charge is 0.507 e. The highest BCUT2D eigenvalue weighted by molar-refractivity contribution is 5.74. The molecule has 8 nitrogen and oxygen atoms in total. The van der Waals surface area contributed by atoms with Gasteiger partial charge in [-0.1, -0.05) is 6.07 Å². The van der Waals surface area contributed by atoms with Crippen LogP contribution in [0.2, 0.25) is 0 Å². The van der Waals surface area contributed by atoms with E-state index in [1.807, 2.05) is 24.9 Å². The molecule has 0 amide bonds. The number of halogens is 1. The fourth-order valence-corrected chi connectivity index (χ4v) is 5.38. The Bertz CT molecular complexity index is 1210. The Kier molecular flexibility index (Phi) is 5.39. The SMILES string of the molecule is COc1cc(-c2ccc(-c3cnc(N(C)[C@@H]4C[C@@]5(C)CC[C@](C)(N5)[C@@H]4F)cn3)c(O)c2)cnn1. The van der Waals surface area contributed by atoms with Crippen molar-refractivity contribution in [1.82, 2.24) is 25.5 Å². The first kappa shape index (κ1) is 22.5. The van der Waals surface area contributed by atoms with Gasteiger partial charge in [-0.05, 0) is 50.8 Å². The van der Waals surface area contributed by atoms with Gasteiger partial charge in [-0.25, -0.2) is 9.37 Å². The quantitative estimate of drug-likeness (QED) is 0.589. The van der Waals surface area contributed by atoms with Crippen LogP contribution in [-0.4, -0.2) is 62.7 Å². The van der Waals surface area contributed by atoms with Gasteiger partial charge in [0.25, 0.3) is 0 Å². The summed E-state index contributed by atoms with van der Waals surface area (Å²) in [5, 5.41) is 22.0. The van der Waals surface area contributed by atoms with Crippen molar-refractivity contribution in [2.24, 2.45) is 0 Å². The maximum absolute atomic E-state index is 15.5. The molecular weight excluding hydrogens is 435 g/mol. The van der Waals surface area contributed by atoms with Gasteiger partial charge in [0.2, 0.25) is 5.88 Å². The number of phenolic OH excluding ortho intramolecular Hbond substituents is 1. The van der Waals surface area contributed by atoms with Crippen molar-refractivity contribution in [3.8, 4) is 34.0 Å². The van der Waals surface area contributed by atoms with Crippen LogP contribution in [0, 0.1) is 0 Å². The van der Waals surface area contributed by atoms with Gasteiger partial charge < -0.3 is 20.1 Å². The molecule has 1 aromatic carbocycles. The molecule has 4 atom stereocenters. The van der Waals surface area contributed by atoms with Crippen molar-refractivity contribution in [3.05, 3.63) is 42.9 Å². The third-order valence-corrected chi connectivity index (χ3v) is 7.33. The first-order valence-electron chi connectivity index (χ1n) is 11.4. The number of benzene rings is 1. The maximum Gasteiger partial charge on any atom is 0.233 e. The van der Waals surface area contributed by atoms with Gasteiger partial charge in [-0.2, -0.15) is 5.10 Å². The molecule has 0 spiro atoms. The highest BCUT2D eigenvalue weighted by Gasteiger charge is 2.56. The molecule has 0 saturated carbocycles. The van der Waals surface area contributed by atoms with Crippen LogP contribution in [0.3, 0.4) is 0 Å². The van der Waals surface area contributed by atoms with Crippen LogP contribution in [0.4, 0.5) is 10.2 Å². The number of aromatic nitrogens is 4. The molecule has 2 bridgehead atoms. The summed E-state index contributed by atoms with van der Waals surface area (Å²) < 4.78 is 20.6. The highest BCUT2D eigenvalue weighted by Crippen LogP contribution is 2.45. The minimum absolute atomic E-state index is 0.0640. The van der Waals surface area contributed by atoms with E-state index in [9.17, 15) is 5.11 Å². The summed E-state index contributed by atoms with van der Waals surface area (Å²) in [5.41, 5.74) is 2.06. The normalized spacial score (nSPS) is 28.0. The summed E-state index contributed by atoms with van der Waals surface area (Å²) in [4.78, 5) is 11.0. The molecule has 34 heavy (non-hydrogen) atoms. The van der Waals surface area contributed by atoms with E-state index < -0.39 is 11.7 Å². The van der Waals surface area contributed by atoms with Crippen molar-refractivity contribution in [2.45, 2.75) is 56.4 Å². The lowest BCUT2D eigenvalue weighted by Crippen LogP contribution is -2.65. The lowest BCUT2D eigenvalue weighted by atomic mass is 9.82. The van der Waals surface area contributed by atoms with E-state index in [1.54, 1.807) is 36.8 Å². The minimum Gasteiger partial charge on any atom is -0.507 e. The molecule has 5 rings (SSSR count). The summed E-state index contributed by atoms with van der Waals surface area (Å²) in [7, 11) is 3.40. The topological polar surface area (TPSA) is 96.3 Å². The van der Waals surface area contributed by atoms with Crippen LogP contribution in [-0.2, 0) is 0 Å². The Labute approximate surface area is 198 Å². The number of piperidine rings is 1. The summed E-state index contributed by atoms with van der Waals surface area (Å²) in [6, 6.07) is 6.77. The Balaban J connectivity index is 1.37. The second-order valence-electron chi connectivity index (χ2n) is 9.87. The van der Waals surface area contributed by atoms with E-state index in [0.717, 1.165) is 24.0 Å². The van der Waals surface area contributed by atoms with E-state index >= 15 is 4.39 Å². The number of methoxy groups -OCH3 is 1. The summed E-state index contributed by atoms with van der Waals surface area (Å²) in [6.07, 6.45) is 6.36. The van der Waals surface area contributed by atoms with Crippen molar-refractivity contribution in [3.63, 3.8) is 0 Å². The molecular formula is C25H29FN6O2. The van der Waals surface area contributed by atoms with Gasteiger partial charge in [-0.3, -0.25) is 4.98 Å². The number of hydrogen-bond donors (Lipinski definition) is 2. The number of fused-ring (bicyclic) bond motifs is 2. The molecule has 4 heterocycles. The Morgan fingerprint density at radius 1 is 1.12 bits per heavy atom. The highest BCUT2D eigenvalue weighted by atomic mass is 19.1. The van der Waals surface area contributed by atoms with Gasteiger partial charge in [0.1, 0.15) is 17.7 Å². The molecule has 2 N–H and O–H groups in total. The summed E-state index contributed by atoms with van der Waals surface area (Å²) in [6.45, 7) is 4.15. The zero-order chi connectivity index (χ0) is 24.1. The van der Waals surface area contributed by atoms with Crippen LogP contribution >= 0.6 is 0 Å². The second-order valence-corrected chi connectivity index (χ2v) is 9.87. The number of ether oxygens (including phenoxy) is 1. The molecule has 0 aliphatic carbocycles. The molecule has 2 fully saturated rings. The van der Waals surface area contributed by atoms with E-state index in [4.69, 9.17) is 4.74 Å². The van der Waals surface area contributed by atoms with E-state index in [-0.39, 0.29) is 17.3 Å². The number of anilines is 1. The molecule has 0 unspecified atom stereocenters. The van der Waals surface area contributed by atoms with Gasteiger partial charge in [-0.15, -0.1) is 5.10 Å². The first-order valence-corrected chi connectivity index (χ1v) is 11.4. The number of alkyl halides is 1. The number of aromatic hydroxyl groups is 1. The predicted molar refractivity (Wildman–Crippen MR) is 128 cm³/mol. The zero-order valence-corrected chi connectivity index (χ0v) is 19.8. The average Bonchev–Trinajstić information content (AvgIpc) is 3.12. The van der Waals surface area contributed by atoms with Crippen LogP contribution in [0.5, 0.6) is 11.6 Å². The monoisotopic (exact) mass is 464 g/mol. The van der Waals surface area contributed by atoms with Crippen molar-refractivity contribution in [1.29, 1.82) is 0 Å². The molecule has 0 radical (unpaired) electrons. The van der Waals surface area contributed by atoms with Crippen molar-refractivity contribution < 1.29 is 14.2 Å².